The number of carbonyl (C=O) groups excluding carboxylic acids is 2. The predicted octanol–water partition coefficient (Wildman–Crippen LogP) is 6.72. The van der Waals surface area contributed by atoms with Crippen LogP contribution in [0.3, 0.4) is 0 Å². The monoisotopic (exact) mass is 675 g/mol. The molecule has 0 aliphatic heterocycles. The SMILES string of the molecule is CC[C@H](C)NC(=O)[C@@H](Cc1ccccc1)N(Cc1cccc(OC)c1)C(=O)CN(c1ccc(Cl)cc1C)S(=O)(=O)c1ccc(C)cc1. The lowest BCUT2D eigenvalue weighted by atomic mass is 10.0. The first-order valence-electron chi connectivity index (χ1n) is 15.5. The van der Waals surface area contributed by atoms with Gasteiger partial charge in [0.1, 0.15) is 18.3 Å². The molecule has 0 aromatic heterocycles. The Bertz CT molecular complexity index is 1780. The predicted molar refractivity (Wildman–Crippen MR) is 187 cm³/mol. The number of hydrogen-bond donors (Lipinski definition) is 1. The summed E-state index contributed by atoms with van der Waals surface area (Å²) in [5.41, 5.74) is 3.37. The minimum atomic E-state index is -4.22. The van der Waals surface area contributed by atoms with Gasteiger partial charge in [0.2, 0.25) is 11.8 Å². The number of aryl methyl sites for hydroxylation is 2. The number of anilines is 1. The molecule has 0 fully saturated rings. The van der Waals surface area contributed by atoms with Crippen LogP contribution in [0.4, 0.5) is 5.69 Å². The molecule has 47 heavy (non-hydrogen) atoms. The van der Waals surface area contributed by atoms with Crippen LogP contribution < -0.4 is 14.4 Å². The molecule has 4 rings (SSSR count). The lowest BCUT2D eigenvalue weighted by Gasteiger charge is -2.34. The Morgan fingerprint density at radius 2 is 1.57 bits per heavy atom. The van der Waals surface area contributed by atoms with Crippen molar-refractivity contribution in [2.24, 2.45) is 0 Å². The number of halogens is 1. The van der Waals surface area contributed by atoms with Crippen LogP contribution in [-0.4, -0.2) is 50.9 Å². The van der Waals surface area contributed by atoms with Gasteiger partial charge in [-0.2, -0.15) is 0 Å². The fourth-order valence-corrected chi connectivity index (χ4v) is 6.92. The average Bonchev–Trinajstić information content (AvgIpc) is 3.06. The summed E-state index contributed by atoms with van der Waals surface area (Å²) in [5.74, 6) is -0.271. The maximum Gasteiger partial charge on any atom is 0.264 e. The molecule has 0 spiro atoms. The van der Waals surface area contributed by atoms with E-state index in [1.807, 2.05) is 63.2 Å². The Balaban J connectivity index is 1.84. The number of carbonyl (C=O) groups is 2. The van der Waals surface area contributed by atoms with E-state index in [-0.39, 0.29) is 29.8 Å². The van der Waals surface area contributed by atoms with Gasteiger partial charge in [-0.15, -0.1) is 0 Å². The standard InChI is InChI=1S/C37H42ClN3O5S/c1-6-28(4)39-37(43)35(23-29-11-8-7-9-12-29)40(24-30-13-10-14-32(22-30)46-5)36(42)25-41(34-20-17-31(38)21-27(34)3)47(44,45)33-18-15-26(2)16-19-33/h7-22,28,35H,6,23-25H2,1-5H3,(H,39,43)/t28-,35+/m0/s1. The number of methoxy groups -OCH3 is 1. The molecule has 0 bridgehead atoms. The lowest BCUT2D eigenvalue weighted by molar-refractivity contribution is -0.140. The molecule has 2 atom stereocenters. The van der Waals surface area contributed by atoms with E-state index in [0.29, 0.717) is 28.4 Å². The van der Waals surface area contributed by atoms with Gasteiger partial charge >= 0.3 is 0 Å². The number of nitrogens with one attached hydrogen (secondary N) is 1. The molecule has 10 heteroatoms. The number of amides is 2. The van der Waals surface area contributed by atoms with Crippen molar-refractivity contribution in [1.29, 1.82) is 0 Å². The second-order valence-corrected chi connectivity index (χ2v) is 14.0. The van der Waals surface area contributed by atoms with Crippen LogP contribution in [0.1, 0.15) is 42.5 Å². The third kappa shape index (κ3) is 9.14. The highest BCUT2D eigenvalue weighted by Gasteiger charge is 2.35. The van der Waals surface area contributed by atoms with E-state index in [9.17, 15) is 18.0 Å². The van der Waals surface area contributed by atoms with Gasteiger partial charge in [0, 0.05) is 24.0 Å². The summed E-state index contributed by atoms with van der Waals surface area (Å²) in [6.07, 6.45) is 0.926. The van der Waals surface area contributed by atoms with Crippen LogP contribution in [0.15, 0.2) is 102 Å². The maximum absolute atomic E-state index is 14.7. The van der Waals surface area contributed by atoms with Gasteiger partial charge in [-0.05, 0) is 86.3 Å². The first kappa shape index (κ1) is 35.5. The summed E-state index contributed by atoms with van der Waals surface area (Å²) in [5, 5.41) is 3.49. The van der Waals surface area contributed by atoms with E-state index in [4.69, 9.17) is 16.3 Å². The minimum Gasteiger partial charge on any atom is -0.497 e. The summed E-state index contributed by atoms with van der Waals surface area (Å²) >= 11 is 6.25. The number of ether oxygens (including phenoxy) is 1. The Hall–Kier alpha value is -4.34. The molecule has 0 aliphatic rings. The van der Waals surface area contributed by atoms with Crippen molar-refractivity contribution in [2.75, 3.05) is 18.0 Å². The van der Waals surface area contributed by atoms with Crippen LogP contribution >= 0.6 is 11.6 Å². The number of hydrogen-bond acceptors (Lipinski definition) is 5. The molecular formula is C37H42ClN3O5S. The Morgan fingerprint density at radius 1 is 0.894 bits per heavy atom. The molecule has 0 aliphatic carbocycles. The first-order valence-corrected chi connectivity index (χ1v) is 17.4. The highest BCUT2D eigenvalue weighted by atomic mass is 35.5. The third-order valence-corrected chi connectivity index (χ3v) is 10.1. The lowest BCUT2D eigenvalue weighted by Crippen LogP contribution is -2.54. The molecule has 0 saturated heterocycles. The number of sulfonamides is 1. The molecule has 4 aromatic rings. The van der Waals surface area contributed by atoms with Crippen molar-refractivity contribution in [3.63, 3.8) is 0 Å². The summed E-state index contributed by atoms with van der Waals surface area (Å²) in [6, 6.07) is 27.0. The van der Waals surface area contributed by atoms with Gasteiger partial charge in [-0.1, -0.05) is 78.7 Å². The zero-order valence-electron chi connectivity index (χ0n) is 27.4. The van der Waals surface area contributed by atoms with Crippen molar-refractivity contribution < 1.29 is 22.7 Å². The van der Waals surface area contributed by atoms with Crippen LogP contribution in [0.25, 0.3) is 0 Å². The van der Waals surface area contributed by atoms with Gasteiger partial charge in [0.15, 0.2) is 0 Å². The molecule has 248 valence electrons. The van der Waals surface area contributed by atoms with E-state index in [1.54, 1.807) is 56.5 Å². The van der Waals surface area contributed by atoms with E-state index in [0.717, 1.165) is 21.0 Å². The van der Waals surface area contributed by atoms with Crippen molar-refractivity contribution in [3.8, 4) is 5.75 Å². The van der Waals surface area contributed by atoms with Gasteiger partial charge in [0.25, 0.3) is 10.0 Å². The summed E-state index contributed by atoms with van der Waals surface area (Å²) in [7, 11) is -2.67. The molecule has 0 unspecified atom stereocenters. The number of rotatable bonds is 14. The van der Waals surface area contributed by atoms with Crippen molar-refractivity contribution in [1.82, 2.24) is 10.2 Å². The van der Waals surface area contributed by atoms with Gasteiger partial charge in [-0.3, -0.25) is 13.9 Å². The molecule has 1 N–H and O–H groups in total. The van der Waals surface area contributed by atoms with Crippen LogP contribution in [-0.2, 0) is 32.6 Å². The summed E-state index contributed by atoms with van der Waals surface area (Å²) in [4.78, 5) is 30.2. The van der Waals surface area contributed by atoms with Crippen LogP contribution in [0.2, 0.25) is 5.02 Å². The fraction of sp³-hybridized carbons (Fsp3) is 0.297. The van der Waals surface area contributed by atoms with E-state index in [2.05, 4.69) is 5.32 Å². The maximum atomic E-state index is 14.7. The molecule has 8 nitrogen and oxygen atoms in total. The molecule has 4 aromatic carbocycles. The summed E-state index contributed by atoms with van der Waals surface area (Å²) in [6.45, 7) is 6.98. The first-order chi connectivity index (χ1) is 22.4. The normalized spacial score (nSPS) is 12.6. The molecular weight excluding hydrogens is 634 g/mol. The van der Waals surface area contributed by atoms with Gasteiger partial charge in [-0.25, -0.2) is 8.42 Å². The Labute approximate surface area is 283 Å². The molecule has 0 radical (unpaired) electrons. The van der Waals surface area contributed by atoms with Crippen molar-refractivity contribution in [3.05, 3.63) is 124 Å². The largest absolute Gasteiger partial charge is 0.497 e. The highest BCUT2D eigenvalue weighted by molar-refractivity contribution is 7.92. The van der Waals surface area contributed by atoms with Crippen LogP contribution in [0, 0.1) is 13.8 Å². The quantitative estimate of drug-likeness (QED) is 0.160. The number of nitrogens with zero attached hydrogens (tertiary/aromatic N) is 2. The van der Waals surface area contributed by atoms with E-state index in [1.165, 1.54) is 17.0 Å². The third-order valence-electron chi connectivity index (χ3n) is 8.07. The van der Waals surface area contributed by atoms with Crippen molar-refractivity contribution in [2.45, 2.75) is 64.1 Å². The average molecular weight is 676 g/mol. The number of benzene rings is 4. The van der Waals surface area contributed by atoms with Gasteiger partial charge in [0.05, 0.1) is 17.7 Å². The van der Waals surface area contributed by atoms with Crippen molar-refractivity contribution >= 4 is 39.1 Å². The molecule has 0 saturated carbocycles. The van der Waals surface area contributed by atoms with Crippen LogP contribution in [0.5, 0.6) is 5.75 Å². The molecule has 0 heterocycles. The zero-order chi connectivity index (χ0) is 34.1. The Kier molecular flexibility index (Phi) is 12.1. The topological polar surface area (TPSA) is 96.0 Å². The smallest absolute Gasteiger partial charge is 0.264 e. The second-order valence-electron chi connectivity index (χ2n) is 11.7. The second kappa shape index (κ2) is 16.0. The fourth-order valence-electron chi connectivity index (χ4n) is 5.21. The zero-order valence-corrected chi connectivity index (χ0v) is 29.0. The summed E-state index contributed by atoms with van der Waals surface area (Å²) < 4.78 is 35.1. The molecule has 2 amide bonds. The van der Waals surface area contributed by atoms with E-state index >= 15 is 0 Å². The van der Waals surface area contributed by atoms with Gasteiger partial charge < -0.3 is 15.0 Å². The highest BCUT2D eigenvalue weighted by Crippen LogP contribution is 2.30. The van der Waals surface area contributed by atoms with E-state index < -0.39 is 28.5 Å². The minimum absolute atomic E-state index is 0.0411. The Morgan fingerprint density at radius 3 is 2.21 bits per heavy atom.